The van der Waals surface area contributed by atoms with Crippen LogP contribution in [-0.2, 0) is 17.7 Å². The van der Waals surface area contributed by atoms with Gasteiger partial charge in [-0.2, -0.15) is 0 Å². The van der Waals surface area contributed by atoms with E-state index in [2.05, 4.69) is 14.7 Å². The summed E-state index contributed by atoms with van der Waals surface area (Å²) < 4.78 is 38.2. The van der Waals surface area contributed by atoms with Gasteiger partial charge in [-0.1, -0.05) is 30.3 Å². The third-order valence-corrected chi connectivity index (χ3v) is 4.30. The van der Waals surface area contributed by atoms with Gasteiger partial charge in [-0.05, 0) is 35.2 Å². The van der Waals surface area contributed by atoms with Gasteiger partial charge in [0.2, 0.25) is 0 Å². The van der Waals surface area contributed by atoms with Crippen LogP contribution < -0.4 is 10.5 Å². The maximum atomic E-state index is 14.6. The molecular formula is C18H16FN4O2S-. The van der Waals surface area contributed by atoms with Crippen molar-refractivity contribution in [3.05, 3.63) is 66.2 Å². The number of nitrogens with zero attached hydrogens (tertiary/aromatic N) is 2. The van der Waals surface area contributed by atoms with Crippen LogP contribution in [0.15, 0.2) is 54.9 Å². The zero-order valence-electron chi connectivity index (χ0n) is 13.7. The van der Waals surface area contributed by atoms with Crippen LogP contribution in [0.3, 0.4) is 0 Å². The number of hydrogen-bond acceptors (Lipinski definition) is 5. The summed E-state index contributed by atoms with van der Waals surface area (Å²) in [5.41, 5.74) is 8.71. The van der Waals surface area contributed by atoms with Gasteiger partial charge in [-0.15, -0.1) is 0 Å². The summed E-state index contributed by atoms with van der Waals surface area (Å²) in [5.74, 6) is -0.150. The molecule has 134 valence electrons. The van der Waals surface area contributed by atoms with Crippen molar-refractivity contribution in [3.63, 3.8) is 0 Å². The Morgan fingerprint density at radius 3 is 2.62 bits per heavy atom. The molecule has 0 radical (unpaired) electrons. The average Bonchev–Trinajstić information content (AvgIpc) is 2.63. The van der Waals surface area contributed by atoms with Gasteiger partial charge in [-0.3, -0.25) is 9.19 Å². The van der Waals surface area contributed by atoms with E-state index in [0.29, 0.717) is 23.2 Å². The summed E-state index contributed by atoms with van der Waals surface area (Å²) in [6, 6.07) is 12.4. The molecule has 3 rings (SSSR count). The van der Waals surface area contributed by atoms with Gasteiger partial charge < -0.3 is 10.3 Å². The minimum Gasteiger partial charge on any atom is -0.760 e. The van der Waals surface area contributed by atoms with Crippen molar-refractivity contribution in [1.29, 1.82) is 0 Å². The lowest BCUT2D eigenvalue weighted by Gasteiger charge is -2.12. The Morgan fingerprint density at radius 1 is 1.12 bits per heavy atom. The van der Waals surface area contributed by atoms with E-state index in [1.54, 1.807) is 12.1 Å². The lowest BCUT2D eigenvalue weighted by Crippen LogP contribution is -2.19. The van der Waals surface area contributed by atoms with Crippen LogP contribution >= 0.6 is 0 Å². The predicted octanol–water partition coefficient (Wildman–Crippen LogP) is 2.46. The molecule has 0 aliphatic carbocycles. The molecule has 3 aromatic rings. The summed E-state index contributed by atoms with van der Waals surface area (Å²) in [5, 5.41) is 0. The van der Waals surface area contributed by atoms with Gasteiger partial charge in [0, 0.05) is 23.4 Å². The zero-order chi connectivity index (χ0) is 18.5. The lowest BCUT2D eigenvalue weighted by atomic mass is 9.96. The van der Waals surface area contributed by atoms with E-state index in [-0.39, 0.29) is 12.4 Å². The van der Waals surface area contributed by atoms with Crippen LogP contribution in [0.1, 0.15) is 5.56 Å². The highest BCUT2D eigenvalue weighted by Gasteiger charge is 2.11. The molecule has 0 bridgehead atoms. The fourth-order valence-corrected chi connectivity index (χ4v) is 2.93. The molecule has 0 aliphatic heterocycles. The zero-order valence-corrected chi connectivity index (χ0v) is 14.5. The molecule has 0 amide bonds. The van der Waals surface area contributed by atoms with Crippen molar-refractivity contribution >= 4 is 17.1 Å². The largest absolute Gasteiger partial charge is 0.760 e. The molecule has 0 saturated heterocycles. The molecule has 26 heavy (non-hydrogen) atoms. The molecule has 3 N–H and O–H groups in total. The first-order chi connectivity index (χ1) is 12.5. The Kier molecular flexibility index (Phi) is 5.67. The summed E-state index contributed by atoms with van der Waals surface area (Å²) in [6.45, 7) is 0.273. The second-order valence-electron chi connectivity index (χ2n) is 5.56. The number of halogens is 1. The maximum Gasteiger partial charge on any atom is 0.141 e. The molecule has 8 heteroatoms. The third kappa shape index (κ3) is 4.29. The number of anilines is 1. The number of nitrogen functional groups attached to an aromatic ring is 1. The summed E-state index contributed by atoms with van der Waals surface area (Å²) in [6.07, 6.45) is 3.30. The van der Waals surface area contributed by atoms with Crippen molar-refractivity contribution in [3.8, 4) is 22.4 Å². The minimum atomic E-state index is -2.30. The second-order valence-corrected chi connectivity index (χ2v) is 6.32. The van der Waals surface area contributed by atoms with E-state index in [9.17, 15) is 13.2 Å². The van der Waals surface area contributed by atoms with Crippen molar-refractivity contribution in [2.24, 2.45) is 0 Å². The molecule has 1 atom stereocenters. The molecule has 6 nitrogen and oxygen atoms in total. The summed E-state index contributed by atoms with van der Waals surface area (Å²) in [7, 11) is 0. The maximum absolute atomic E-state index is 14.6. The fourth-order valence-electron chi connectivity index (χ4n) is 2.66. The van der Waals surface area contributed by atoms with E-state index in [1.807, 2.05) is 24.3 Å². The highest BCUT2D eigenvalue weighted by Crippen LogP contribution is 2.29. The SMILES string of the molecule is Nc1cnc(-c2ccc(-c3ccccc3CCNS(=O)[O-])cc2F)cn1. The number of benzene rings is 2. The number of hydrogen-bond donors (Lipinski definition) is 2. The topological polar surface area (TPSA) is 104 Å². The molecule has 1 aromatic heterocycles. The van der Waals surface area contributed by atoms with Crippen LogP contribution in [0, 0.1) is 5.82 Å². The normalized spacial score (nSPS) is 12.1. The van der Waals surface area contributed by atoms with E-state index >= 15 is 0 Å². The van der Waals surface area contributed by atoms with Crippen LogP contribution in [0.25, 0.3) is 22.4 Å². The number of nitrogens with two attached hydrogens (primary N) is 1. The Hall–Kier alpha value is -2.68. The highest BCUT2D eigenvalue weighted by molar-refractivity contribution is 7.77. The van der Waals surface area contributed by atoms with Gasteiger partial charge >= 0.3 is 0 Å². The average molecular weight is 371 g/mol. The van der Waals surface area contributed by atoms with Crippen molar-refractivity contribution in [2.45, 2.75) is 6.42 Å². The van der Waals surface area contributed by atoms with Crippen molar-refractivity contribution in [1.82, 2.24) is 14.7 Å². The first-order valence-electron chi connectivity index (χ1n) is 7.83. The Bertz CT molecular complexity index is 935. The Morgan fingerprint density at radius 2 is 1.92 bits per heavy atom. The first-order valence-corrected chi connectivity index (χ1v) is 8.90. The number of nitrogens with one attached hydrogen (secondary N) is 1. The molecule has 0 spiro atoms. The molecule has 1 unspecified atom stereocenters. The van der Waals surface area contributed by atoms with Crippen LogP contribution in [-0.4, -0.2) is 25.3 Å². The van der Waals surface area contributed by atoms with Gasteiger partial charge in [0.05, 0.1) is 18.1 Å². The predicted molar refractivity (Wildman–Crippen MR) is 97.9 cm³/mol. The van der Waals surface area contributed by atoms with Gasteiger partial charge in [0.1, 0.15) is 11.6 Å². The van der Waals surface area contributed by atoms with Gasteiger partial charge in [0.25, 0.3) is 0 Å². The van der Waals surface area contributed by atoms with E-state index < -0.39 is 17.1 Å². The summed E-state index contributed by atoms with van der Waals surface area (Å²) >= 11 is -2.30. The third-order valence-electron chi connectivity index (χ3n) is 3.86. The van der Waals surface area contributed by atoms with Gasteiger partial charge in [-0.25, -0.2) is 14.1 Å². The molecule has 0 fully saturated rings. The standard InChI is InChI=1S/C18H17FN4O2S/c19-16-9-13(5-6-15(16)17-10-22-18(20)11-21-17)14-4-2-1-3-12(14)7-8-23-26(24)25/h1-6,9-11,23H,7-8H2,(H2,20,22)(H,24,25)/p-1. The van der Waals surface area contributed by atoms with Crippen molar-refractivity contribution in [2.75, 3.05) is 12.3 Å². The summed E-state index contributed by atoms with van der Waals surface area (Å²) in [4.78, 5) is 8.02. The smallest absolute Gasteiger partial charge is 0.141 e. The molecular weight excluding hydrogens is 355 g/mol. The molecule has 0 aliphatic rings. The second kappa shape index (κ2) is 8.13. The van der Waals surface area contributed by atoms with E-state index in [4.69, 9.17) is 5.73 Å². The quantitative estimate of drug-likeness (QED) is 0.648. The highest BCUT2D eigenvalue weighted by atomic mass is 32.2. The molecule has 2 aromatic carbocycles. The Balaban J connectivity index is 1.90. The van der Waals surface area contributed by atoms with Crippen molar-refractivity contribution < 1.29 is 13.2 Å². The molecule has 0 saturated carbocycles. The van der Waals surface area contributed by atoms with E-state index in [1.165, 1.54) is 18.5 Å². The number of rotatable bonds is 6. The van der Waals surface area contributed by atoms with Crippen LogP contribution in [0.4, 0.5) is 10.2 Å². The molecule has 1 heterocycles. The Labute approximate surface area is 152 Å². The van der Waals surface area contributed by atoms with E-state index in [0.717, 1.165) is 11.1 Å². The minimum absolute atomic E-state index is 0.271. The lowest BCUT2D eigenvalue weighted by molar-refractivity contribution is 0.523. The van der Waals surface area contributed by atoms with Gasteiger partial charge in [0.15, 0.2) is 0 Å². The number of aromatic nitrogens is 2. The van der Waals surface area contributed by atoms with Crippen LogP contribution in [0.2, 0.25) is 0 Å². The first kappa shape index (κ1) is 18.1. The monoisotopic (exact) mass is 371 g/mol. The fraction of sp³-hybridized carbons (Fsp3) is 0.111. The van der Waals surface area contributed by atoms with Crippen LogP contribution in [0.5, 0.6) is 0 Å².